The second-order valence-corrected chi connectivity index (χ2v) is 33.0. The van der Waals surface area contributed by atoms with E-state index >= 15 is 0 Å². The molecule has 0 spiro atoms. The molecular formula is C81H158O17P2. The van der Waals surface area contributed by atoms with Crippen LogP contribution in [0, 0.1) is 17.8 Å². The summed E-state index contributed by atoms with van der Waals surface area (Å²) in [4.78, 5) is 73.0. The van der Waals surface area contributed by atoms with Crippen molar-refractivity contribution in [2.24, 2.45) is 17.8 Å². The van der Waals surface area contributed by atoms with Crippen LogP contribution in [-0.4, -0.2) is 96.7 Å². The quantitative estimate of drug-likeness (QED) is 0.0222. The van der Waals surface area contributed by atoms with E-state index in [0.717, 1.165) is 108 Å². The number of ether oxygens (including phenoxy) is 4. The third-order valence-corrected chi connectivity index (χ3v) is 21.5. The summed E-state index contributed by atoms with van der Waals surface area (Å²) >= 11 is 0. The SMILES string of the molecule is CCCCCCCCCCCCCCCCCC(=O)OC[C@H](COP(=O)(O)OC[C@@H](O)COP(=O)(O)OC[C@@H](COC(=O)CCCCCCCCC(C)C)OC(=O)CCCCCCCCCCCCC(C)CC)OC(=O)CCCCCCCCCCCCCCCCCCCCC(C)CC. The standard InChI is InChI=1S/C81H158O17P2/c1-8-11-12-13-14-15-16-17-22-26-29-35-40-48-55-62-78(83)91-68-76(97-80(85)64-57-50-41-36-30-27-24-21-19-18-20-23-25-28-33-38-46-53-60-73(6)9-2)70-95-99(87,88)93-66-75(82)67-94-100(89,90)96-71-77(69-92-79(84)63-56-49-44-43-45-52-59-72(4)5)98-81(86)65-58-51-42-37-32-31-34-39-47-54-61-74(7)10-3/h72-77,82H,8-71H2,1-7H3,(H,87,88)(H,89,90)/t73?,74?,75-,76-,77-/m1/s1. The third kappa shape index (κ3) is 71.7. The Balaban J connectivity index is 5.21. The number of aliphatic hydroxyl groups is 1. The molecule has 4 unspecified atom stereocenters. The molecule has 0 saturated heterocycles. The maximum Gasteiger partial charge on any atom is 0.472 e. The Morgan fingerprint density at radius 3 is 0.760 bits per heavy atom. The number of phosphoric ester groups is 2. The number of phosphoric acid groups is 2. The van der Waals surface area contributed by atoms with Crippen LogP contribution in [0.15, 0.2) is 0 Å². The predicted molar refractivity (Wildman–Crippen MR) is 409 cm³/mol. The van der Waals surface area contributed by atoms with E-state index in [-0.39, 0.29) is 25.7 Å². The number of hydrogen-bond acceptors (Lipinski definition) is 15. The van der Waals surface area contributed by atoms with Crippen molar-refractivity contribution in [1.82, 2.24) is 0 Å². The first-order valence-corrected chi connectivity index (χ1v) is 44.9. The van der Waals surface area contributed by atoms with Gasteiger partial charge in [0.2, 0.25) is 0 Å². The minimum atomic E-state index is -4.96. The molecule has 0 aromatic heterocycles. The lowest BCUT2D eigenvalue weighted by Crippen LogP contribution is -2.30. The lowest BCUT2D eigenvalue weighted by atomic mass is 9.99. The van der Waals surface area contributed by atoms with Gasteiger partial charge in [-0.05, 0) is 43.4 Å². The monoisotopic (exact) mass is 1470 g/mol. The van der Waals surface area contributed by atoms with Crippen LogP contribution in [0.4, 0.5) is 0 Å². The van der Waals surface area contributed by atoms with Crippen molar-refractivity contribution in [3.63, 3.8) is 0 Å². The van der Waals surface area contributed by atoms with E-state index in [0.29, 0.717) is 31.6 Å². The fourth-order valence-corrected chi connectivity index (χ4v) is 14.0. The Bertz CT molecular complexity index is 1940. The number of carbonyl (C=O) groups excluding carboxylic acids is 4. The normalized spacial score (nSPS) is 14.5. The van der Waals surface area contributed by atoms with Crippen LogP contribution >= 0.6 is 15.6 Å². The van der Waals surface area contributed by atoms with Crippen molar-refractivity contribution < 1.29 is 80.2 Å². The van der Waals surface area contributed by atoms with Gasteiger partial charge in [0.05, 0.1) is 26.4 Å². The number of esters is 4. The van der Waals surface area contributed by atoms with Gasteiger partial charge < -0.3 is 33.8 Å². The zero-order valence-corrected chi connectivity index (χ0v) is 67.5. The van der Waals surface area contributed by atoms with Gasteiger partial charge in [-0.15, -0.1) is 0 Å². The lowest BCUT2D eigenvalue weighted by Gasteiger charge is -2.21. The van der Waals surface area contributed by atoms with Crippen LogP contribution in [-0.2, 0) is 65.4 Å². The van der Waals surface area contributed by atoms with Gasteiger partial charge in [0.25, 0.3) is 0 Å². The van der Waals surface area contributed by atoms with Gasteiger partial charge in [-0.3, -0.25) is 37.3 Å². The second kappa shape index (κ2) is 71.3. The van der Waals surface area contributed by atoms with Gasteiger partial charge in [-0.2, -0.15) is 0 Å². The highest BCUT2D eigenvalue weighted by molar-refractivity contribution is 7.47. The molecule has 0 bridgehead atoms. The molecule has 17 nitrogen and oxygen atoms in total. The summed E-state index contributed by atoms with van der Waals surface area (Å²) in [6.07, 6.45) is 59.8. The molecule has 0 amide bonds. The first-order valence-electron chi connectivity index (χ1n) is 41.9. The number of rotatable bonds is 79. The zero-order valence-electron chi connectivity index (χ0n) is 65.7. The molecule has 100 heavy (non-hydrogen) atoms. The van der Waals surface area contributed by atoms with Crippen molar-refractivity contribution in [2.75, 3.05) is 39.6 Å². The summed E-state index contributed by atoms with van der Waals surface area (Å²) in [5, 5.41) is 10.6. The fourth-order valence-electron chi connectivity index (χ4n) is 12.4. The topological polar surface area (TPSA) is 237 Å². The van der Waals surface area contributed by atoms with Crippen molar-refractivity contribution >= 4 is 39.5 Å². The molecule has 0 saturated carbocycles. The van der Waals surface area contributed by atoms with E-state index in [1.165, 1.54) is 225 Å². The van der Waals surface area contributed by atoms with Gasteiger partial charge in [0, 0.05) is 25.7 Å². The molecule has 7 atom stereocenters. The van der Waals surface area contributed by atoms with Crippen LogP contribution in [0.3, 0.4) is 0 Å². The molecule has 3 N–H and O–H groups in total. The van der Waals surface area contributed by atoms with Gasteiger partial charge in [0.15, 0.2) is 12.2 Å². The maximum atomic E-state index is 13.1. The molecular weight excluding hydrogens is 1310 g/mol. The van der Waals surface area contributed by atoms with Crippen molar-refractivity contribution in [2.45, 2.75) is 439 Å². The Kier molecular flexibility index (Phi) is 69.9. The Labute approximate surface area is 613 Å². The summed E-state index contributed by atoms with van der Waals surface area (Å²) in [7, 11) is -9.92. The van der Waals surface area contributed by atoms with Crippen molar-refractivity contribution in [3.8, 4) is 0 Å². The average molecular weight is 1470 g/mol. The molecule has 0 radical (unpaired) electrons. The van der Waals surface area contributed by atoms with E-state index in [4.69, 9.17) is 37.0 Å². The first kappa shape index (κ1) is 98.1. The molecule has 0 heterocycles. The summed E-state index contributed by atoms with van der Waals surface area (Å²) in [6.45, 7) is 11.9. The van der Waals surface area contributed by atoms with E-state index in [1.54, 1.807) is 0 Å². The summed E-state index contributed by atoms with van der Waals surface area (Å²) < 4.78 is 68.7. The summed E-state index contributed by atoms with van der Waals surface area (Å²) in [5.74, 6) is 0.240. The molecule has 19 heteroatoms. The number of unbranched alkanes of at least 4 members (excludes halogenated alkanes) is 45. The Morgan fingerprint density at radius 2 is 0.510 bits per heavy atom. The van der Waals surface area contributed by atoms with Crippen LogP contribution in [0.1, 0.15) is 421 Å². The Hall–Kier alpha value is -1.94. The molecule has 0 rings (SSSR count). The first-order chi connectivity index (χ1) is 48.3. The predicted octanol–water partition coefficient (Wildman–Crippen LogP) is 24.1. The average Bonchev–Trinajstić information content (AvgIpc) is 0.940. The van der Waals surface area contributed by atoms with Crippen LogP contribution in [0.2, 0.25) is 0 Å². The van der Waals surface area contributed by atoms with Crippen molar-refractivity contribution in [1.29, 1.82) is 0 Å². The number of aliphatic hydroxyl groups excluding tert-OH is 1. The number of carbonyl (C=O) groups is 4. The third-order valence-electron chi connectivity index (χ3n) is 19.6. The second-order valence-electron chi connectivity index (χ2n) is 30.1. The fraction of sp³-hybridized carbons (Fsp3) is 0.951. The highest BCUT2D eigenvalue weighted by Crippen LogP contribution is 2.45. The van der Waals surface area contributed by atoms with E-state index < -0.39 is 97.5 Å². The van der Waals surface area contributed by atoms with Crippen LogP contribution in [0.25, 0.3) is 0 Å². The van der Waals surface area contributed by atoms with Crippen molar-refractivity contribution in [3.05, 3.63) is 0 Å². The molecule has 0 fully saturated rings. The Morgan fingerprint density at radius 1 is 0.290 bits per heavy atom. The van der Waals surface area contributed by atoms with Gasteiger partial charge in [-0.1, -0.05) is 370 Å². The van der Waals surface area contributed by atoms with Gasteiger partial charge in [-0.25, -0.2) is 9.13 Å². The van der Waals surface area contributed by atoms with Crippen LogP contribution in [0.5, 0.6) is 0 Å². The number of hydrogen-bond donors (Lipinski definition) is 3. The van der Waals surface area contributed by atoms with Gasteiger partial charge >= 0.3 is 39.5 Å². The van der Waals surface area contributed by atoms with E-state index in [2.05, 4.69) is 48.5 Å². The van der Waals surface area contributed by atoms with E-state index in [9.17, 15) is 43.2 Å². The van der Waals surface area contributed by atoms with Crippen LogP contribution < -0.4 is 0 Å². The molecule has 594 valence electrons. The zero-order chi connectivity index (χ0) is 73.7. The molecule has 0 aromatic rings. The lowest BCUT2D eigenvalue weighted by molar-refractivity contribution is -0.161. The molecule has 0 aromatic carbocycles. The van der Waals surface area contributed by atoms with E-state index in [1.807, 2.05) is 0 Å². The molecule has 0 aliphatic heterocycles. The summed E-state index contributed by atoms with van der Waals surface area (Å²) in [6, 6.07) is 0. The highest BCUT2D eigenvalue weighted by Gasteiger charge is 2.30. The van der Waals surface area contributed by atoms with Gasteiger partial charge in [0.1, 0.15) is 19.3 Å². The molecule has 0 aliphatic carbocycles. The molecule has 0 aliphatic rings. The largest absolute Gasteiger partial charge is 0.472 e. The summed E-state index contributed by atoms with van der Waals surface area (Å²) in [5.41, 5.74) is 0. The minimum absolute atomic E-state index is 0.105. The highest BCUT2D eigenvalue weighted by atomic mass is 31.2. The smallest absolute Gasteiger partial charge is 0.462 e. The maximum absolute atomic E-state index is 13.1. The minimum Gasteiger partial charge on any atom is -0.462 e.